The molecule has 1 amide bonds. The SMILES string of the molecule is COC(=O)C1CCCCN1C(=O)c1cc(-c2ccccc2)c(N2CCOCC2)s1. The summed E-state index contributed by atoms with van der Waals surface area (Å²) in [7, 11) is 1.38. The molecule has 4 rings (SSSR count). The highest BCUT2D eigenvalue weighted by molar-refractivity contribution is 7.18. The number of methoxy groups -OCH3 is 1. The van der Waals surface area contributed by atoms with E-state index in [4.69, 9.17) is 9.47 Å². The maximum atomic E-state index is 13.4. The Hall–Kier alpha value is -2.38. The smallest absolute Gasteiger partial charge is 0.328 e. The van der Waals surface area contributed by atoms with Crippen molar-refractivity contribution in [3.05, 3.63) is 41.3 Å². The zero-order chi connectivity index (χ0) is 20.2. The van der Waals surface area contributed by atoms with Gasteiger partial charge in [0.25, 0.3) is 5.91 Å². The third-order valence-electron chi connectivity index (χ3n) is 5.54. The molecule has 1 unspecified atom stereocenters. The van der Waals surface area contributed by atoms with Gasteiger partial charge in [-0.2, -0.15) is 0 Å². The Morgan fingerprint density at radius 3 is 2.59 bits per heavy atom. The summed E-state index contributed by atoms with van der Waals surface area (Å²) in [6.45, 7) is 3.58. The van der Waals surface area contributed by atoms with Crippen LogP contribution < -0.4 is 4.90 Å². The van der Waals surface area contributed by atoms with E-state index in [9.17, 15) is 9.59 Å². The van der Waals surface area contributed by atoms with Crippen molar-refractivity contribution in [1.82, 2.24) is 4.90 Å². The molecular formula is C22H26N2O4S. The van der Waals surface area contributed by atoms with Crippen molar-refractivity contribution in [2.24, 2.45) is 0 Å². The van der Waals surface area contributed by atoms with Crippen molar-refractivity contribution in [3.8, 4) is 11.1 Å². The number of esters is 1. The van der Waals surface area contributed by atoms with E-state index in [1.54, 1.807) is 4.90 Å². The molecule has 0 radical (unpaired) electrons. The van der Waals surface area contributed by atoms with Gasteiger partial charge in [-0.1, -0.05) is 30.3 Å². The fraction of sp³-hybridized carbons (Fsp3) is 0.455. The monoisotopic (exact) mass is 414 g/mol. The summed E-state index contributed by atoms with van der Waals surface area (Å²) in [5.74, 6) is -0.409. The number of amides is 1. The van der Waals surface area contributed by atoms with Crippen molar-refractivity contribution in [1.29, 1.82) is 0 Å². The van der Waals surface area contributed by atoms with Crippen LogP contribution in [0.15, 0.2) is 36.4 Å². The van der Waals surface area contributed by atoms with Crippen LogP contribution in [-0.4, -0.2) is 62.8 Å². The lowest BCUT2D eigenvalue weighted by molar-refractivity contribution is -0.147. The van der Waals surface area contributed by atoms with Crippen LogP contribution in [0.25, 0.3) is 11.1 Å². The average Bonchev–Trinajstić information content (AvgIpc) is 3.25. The molecule has 29 heavy (non-hydrogen) atoms. The first-order chi connectivity index (χ1) is 14.2. The molecule has 1 atom stereocenters. The normalized spacial score (nSPS) is 19.8. The van der Waals surface area contributed by atoms with E-state index in [1.807, 2.05) is 24.3 Å². The second-order valence-corrected chi connectivity index (χ2v) is 8.36. The minimum absolute atomic E-state index is 0.0817. The van der Waals surface area contributed by atoms with Gasteiger partial charge in [0.05, 0.1) is 30.2 Å². The fourth-order valence-corrected chi connectivity index (χ4v) is 5.20. The second-order valence-electron chi connectivity index (χ2n) is 7.33. The Balaban J connectivity index is 1.69. The van der Waals surface area contributed by atoms with Gasteiger partial charge >= 0.3 is 5.97 Å². The van der Waals surface area contributed by atoms with Gasteiger partial charge < -0.3 is 19.3 Å². The first kappa shape index (κ1) is 19.9. The molecule has 2 aliphatic heterocycles. The van der Waals surface area contributed by atoms with Crippen molar-refractivity contribution in [2.75, 3.05) is 44.9 Å². The molecule has 0 spiro atoms. The molecule has 0 N–H and O–H groups in total. The molecule has 1 aromatic heterocycles. The summed E-state index contributed by atoms with van der Waals surface area (Å²) in [6, 6.07) is 11.6. The number of carbonyl (C=O) groups excluding carboxylic acids is 2. The quantitative estimate of drug-likeness (QED) is 0.718. The van der Waals surface area contributed by atoms with Crippen molar-refractivity contribution >= 4 is 28.2 Å². The van der Waals surface area contributed by atoms with Crippen molar-refractivity contribution in [3.63, 3.8) is 0 Å². The van der Waals surface area contributed by atoms with E-state index < -0.39 is 6.04 Å². The van der Waals surface area contributed by atoms with Gasteiger partial charge in [0, 0.05) is 25.2 Å². The van der Waals surface area contributed by atoms with Gasteiger partial charge in [-0.25, -0.2) is 4.79 Å². The van der Waals surface area contributed by atoms with Gasteiger partial charge in [0.1, 0.15) is 6.04 Å². The predicted octanol–water partition coefficient (Wildman–Crippen LogP) is 3.42. The van der Waals surface area contributed by atoms with Crippen LogP contribution in [0.3, 0.4) is 0 Å². The molecule has 2 aliphatic rings. The number of morpholine rings is 1. The molecule has 154 valence electrons. The molecule has 1 aromatic carbocycles. The summed E-state index contributed by atoms with van der Waals surface area (Å²) in [4.78, 5) is 30.3. The zero-order valence-corrected chi connectivity index (χ0v) is 17.5. The van der Waals surface area contributed by atoms with E-state index in [1.165, 1.54) is 18.4 Å². The Kier molecular flexibility index (Phi) is 6.16. The number of hydrogen-bond acceptors (Lipinski definition) is 6. The first-order valence-corrected chi connectivity index (χ1v) is 10.9. The lowest BCUT2D eigenvalue weighted by Gasteiger charge is -2.33. The van der Waals surface area contributed by atoms with E-state index in [0.717, 1.165) is 42.1 Å². The number of ether oxygens (including phenoxy) is 2. The summed E-state index contributed by atoms with van der Waals surface area (Å²) in [6.07, 6.45) is 2.50. The molecule has 6 nitrogen and oxygen atoms in total. The molecule has 3 heterocycles. The number of carbonyl (C=O) groups is 2. The standard InChI is InChI=1S/C22H26N2O4S/c1-27-22(26)18-9-5-6-10-24(18)20(25)19-15-17(16-7-3-2-4-8-16)21(29-19)23-11-13-28-14-12-23/h2-4,7-8,15,18H,5-6,9-14H2,1H3. The maximum Gasteiger partial charge on any atom is 0.328 e. The summed E-state index contributed by atoms with van der Waals surface area (Å²) >= 11 is 1.51. The highest BCUT2D eigenvalue weighted by atomic mass is 32.1. The molecule has 0 aliphatic carbocycles. The van der Waals surface area contributed by atoms with Crippen LogP contribution in [0.2, 0.25) is 0 Å². The lowest BCUT2D eigenvalue weighted by Crippen LogP contribution is -2.48. The highest BCUT2D eigenvalue weighted by Crippen LogP contribution is 2.40. The Bertz CT molecular complexity index is 861. The first-order valence-electron chi connectivity index (χ1n) is 10.1. The van der Waals surface area contributed by atoms with E-state index in [0.29, 0.717) is 31.1 Å². The number of anilines is 1. The average molecular weight is 415 g/mol. The maximum absolute atomic E-state index is 13.4. The molecule has 7 heteroatoms. The van der Waals surface area contributed by atoms with Gasteiger partial charge in [-0.05, 0) is 30.9 Å². The number of nitrogens with zero attached hydrogens (tertiary/aromatic N) is 2. The molecular weight excluding hydrogens is 388 g/mol. The Morgan fingerprint density at radius 1 is 1.10 bits per heavy atom. The van der Waals surface area contributed by atoms with E-state index >= 15 is 0 Å². The van der Waals surface area contributed by atoms with Gasteiger partial charge in [-0.15, -0.1) is 11.3 Å². The molecule has 2 fully saturated rings. The summed E-state index contributed by atoms with van der Waals surface area (Å²) in [5.41, 5.74) is 2.15. The van der Waals surface area contributed by atoms with Gasteiger partial charge in [0.2, 0.25) is 0 Å². The summed E-state index contributed by atoms with van der Waals surface area (Å²) < 4.78 is 10.5. The van der Waals surface area contributed by atoms with Crippen LogP contribution >= 0.6 is 11.3 Å². The fourth-order valence-electron chi connectivity index (χ4n) is 4.01. The van der Waals surface area contributed by atoms with Crippen LogP contribution in [0.4, 0.5) is 5.00 Å². The van der Waals surface area contributed by atoms with Crippen LogP contribution in [0.5, 0.6) is 0 Å². The number of rotatable bonds is 4. The third kappa shape index (κ3) is 4.16. The van der Waals surface area contributed by atoms with E-state index in [-0.39, 0.29) is 11.9 Å². The summed E-state index contributed by atoms with van der Waals surface area (Å²) in [5, 5.41) is 1.09. The number of thiophene rings is 1. The molecule has 2 aromatic rings. The van der Waals surface area contributed by atoms with Crippen molar-refractivity contribution < 1.29 is 19.1 Å². The number of benzene rings is 1. The predicted molar refractivity (Wildman–Crippen MR) is 113 cm³/mol. The Morgan fingerprint density at radius 2 is 1.86 bits per heavy atom. The number of likely N-dealkylation sites (tertiary alicyclic amines) is 1. The number of piperidine rings is 1. The topological polar surface area (TPSA) is 59.1 Å². The van der Waals surface area contributed by atoms with E-state index in [2.05, 4.69) is 17.0 Å². The molecule has 0 saturated carbocycles. The van der Waals surface area contributed by atoms with Crippen LogP contribution in [0, 0.1) is 0 Å². The minimum atomic E-state index is -0.490. The van der Waals surface area contributed by atoms with Crippen molar-refractivity contribution in [2.45, 2.75) is 25.3 Å². The number of hydrogen-bond donors (Lipinski definition) is 0. The third-order valence-corrected chi connectivity index (χ3v) is 6.73. The lowest BCUT2D eigenvalue weighted by atomic mass is 10.0. The highest BCUT2D eigenvalue weighted by Gasteiger charge is 2.34. The van der Waals surface area contributed by atoms with Crippen LogP contribution in [-0.2, 0) is 14.3 Å². The van der Waals surface area contributed by atoms with Gasteiger partial charge in [-0.3, -0.25) is 4.79 Å². The minimum Gasteiger partial charge on any atom is -0.467 e. The van der Waals surface area contributed by atoms with Gasteiger partial charge in [0.15, 0.2) is 0 Å². The Labute approximate surface area is 175 Å². The van der Waals surface area contributed by atoms with Crippen LogP contribution in [0.1, 0.15) is 28.9 Å². The molecule has 0 bridgehead atoms. The second kappa shape index (κ2) is 8.97. The largest absolute Gasteiger partial charge is 0.467 e. The molecule has 2 saturated heterocycles. The zero-order valence-electron chi connectivity index (χ0n) is 16.6.